The third-order valence-corrected chi connectivity index (χ3v) is 6.97. The molecule has 0 spiro atoms. The van der Waals surface area contributed by atoms with Gasteiger partial charge >= 0.3 is 0 Å². The maximum atomic E-state index is 12.1. The largest absolute Gasteiger partial charge is 0.394 e. The Hall–Kier alpha value is -1.30. The smallest absolute Gasteiger partial charge is 0.222 e. The van der Waals surface area contributed by atoms with Gasteiger partial charge in [0.25, 0.3) is 0 Å². The molecule has 8 N–H and O–H groups in total. The Morgan fingerprint density at radius 3 is 1.51 bits per heavy atom. The van der Waals surface area contributed by atoms with E-state index in [1.165, 1.54) is 64.2 Å². The van der Waals surface area contributed by atoms with Crippen molar-refractivity contribution in [1.29, 1.82) is 0 Å². The van der Waals surface area contributed by atoms with Crippen molar-refractivity contribution in [3.63, 3.8) is 0 Å². The van der Waals surface area contributed by atoms with Crippen molar-refractivity contribution < 1.29 is 34.8 Å². The second-order valence-corrected chi connectivity index (χ2v) is 10.3. The van der Waals surface area contributed by atoms with Gasteiger partial charge in [0.05, 0.1) is 6.61 Å². The molecule has 1 rings (SSSR count). The number of hydrogen-bond donors (Lipinski definition) is 7. The second kappa shape index (κ2) is 21.6. The van der Waals surface area contributed by atoms with E-state index in [4.69, 9.17) is 10.5 Å². The van der Waals surface area contributed by atoms with Crippen LogP contribution in [0.2, 0.25) is 0 Å². The molecule has 1 aliphatic heterocycles. The van der Waals surface area contributed by atoms with Gasteiger partial charge in [-0.25, -0.2) is 0 Å². The summed E-state index contributed by atoms with van der Waals surface area (Å²) >= 11 is 0. The van der Waals surface area contributed by atoms with Gasteiger partial charge in [-0.2, -0.15) is 0 Å². The first-order valence-corrected chi connectivity index (χ1v) is 14.5. The van der Waals surface area contributed by atoms with Gasteiger partial charge in [-0.15, -0.1) is 0 Å². The van der Waals surface area contributed by atoms with Crippen LogP contribution >= 0.6 is 0 Å². The summed E-state index contributed by atoms with van der Waals surface area (Å²) in [5, 5.41) is 44.1. The number of nitrogens with one attached hydrogen (secondary N) is 2. The normalized spacial score (nSPS) is 23.6. The minimum absolute atomic E-state index is 0.114. The van der Waals surface area contributed by atoms with Crippen molar-refractivity contribution in [2.24, 2.45) is 5.73 Å². The van der Waals surface area contributed by atoms with Crippen molar-refractivity contribution in [2.75, 3.05) is 19.7 Å². The Bertz CT molecular complexity index is 594. The third-order valence-electron chi connectivity index (χ3n) is 6.97. The summed E-state index contributed by atoms with van der Waals surface area (Å²) in [4.78, 5) is 23.6. The lowest BCUT2D eigenvalue weighted by Crippen LogP contribution is -2.63. The molecule has 5 atom stereocenters. The summed E-state index contributed by atoms with van der Waals surface area (Å²) < 4.78 is 5.29. The predicted molar refractivity (Wildman–Crippen MR) is 142 cm³/mol. The van der Waals surface area contributed by atoms with E-state index in [0.29, 0.717) is 25.9 Å². The van der Waals surface area contributed by atoms with E-state index in [1.54, 1.807) is 0 Å². The molecule has 0 radical (unpaired) electrons. The van der Waals surface area contributed by atoms with Gasteiger partial charge in [-0.1, -0.05) is 83.5 Å². The Morgan fingerprint density at radius 2 is 1.08 bits per heavy atom. The van der Waals surface area contributed by atoms with Crippen molar-refractivity contribution in [3.05, 3.63) is 0 Å². The van der Waals surface area contributed by atoms with Crippen LogP contribution in [0, 0.1) is 0 Å². The summed E-state index contributed by atoms with van der Waals surface area (Å²) in [6.07, 6.45) is 11.8. The zero-order valence-corrected chi connectivity index (χ0v) is 22.6. The van der Waals surface area contributed by atoms with Gasteiger partial charge in [0.2, 0.25) is 11.8 Å². The van der Waals surface area contributed by atoms with Crippen LogP contribution in [0.3, 0.4) is 0 Å². The number of aliphatic hydroxyl groups is 4. The van der Waals surface area contributed by atoms with Crippen LogP contribution in [-0.2, 0) is 14.3 Å². The first kappa shape index (κ1) is 33.7. The fourth-order valence-electron chi connectivity index (χ4n) is 4.62. The molecule has 10 heteroatoms. The molecule has 0 aromatic heterocycles. The van der Waals surface area contributed by atoms with E-state index in [1.807, 2.05) is 0 Å². The van der Waals surface area contributed by atoms with Crippen LogP contribution in [0.1, 0.15) is 109 Å². The zero-order valence-electron chi connectivity index (χ0n) is 22.6. The molecule has 0 aromatic carbocycles. The fourth-order valence-corrected chi connectivity index (χ4v) is 4.62. The highest BCUT2D eigenvalue weighted by atomic mass is 16.6. The lowest BCUT2D eigenvalue weighted by atomic mass is 9.98. The highest BCUT2D eigenvalue weighted by Gasteiger charge is 2.43. The van der Waals surface area contributed by atoms with Crippen molar-refractivity contribution in [3.8, 4) is 0 Å². The summed E-state index contributed by atoms with van der Waals surface area (Å²) in [6.45, 7) is 0.546. The van der Waals surface area contributed by atoms with Crippen molar-refractivity contribution in [2.45, 2.75) is 140 Å². The molecule has 0 saturated carbocycles. The summed E-state index contributed by atoms with van der Waals surface area (Å²) in [5.74, 6) is -0.168. The topological polar surface area (TPSA) is 174 Å². The molecule has 0 aliphatic carbocycles. The van der Waals surface area contributed by atoms with Gasteiger partial charge in [-0.05, 0) is 12.8 Å². The van der Waals surface area contributed by atoms with E-state index in [2.05, 4.69) is 10.6 Å². The number of carbonyl (C=O) groups excluding carboxylic acids is 2. The van der Waals surface area contributed by atoms with Crippen LogP contribution in [0.5, 0.6) is 0 Å². The number of aliphatic hydroxyl groups excluding tert-OH is 4. The molecule has 37 heavy (non-hydrogen) atoms. The lowest BCUT2D eigenvalue weighted by molar-refractivity contribution is -0.236. The molecular formula is C27H53N3O7. The Morgan fingerprint density at radius 1 is 0.649 bits per heavy atom. The van der Waals surface area contributed by atoms with Crippen molar-refractivity contribution >= 4 is 11.8 Å². The number of carbonyl (C=O) groups is 2. The maximum Gasteiger partial charge on any atom is 0.222 e. The molecule has 0 aromatic rings. The molecule has 218 valence electrons. The first-order valence-electron chi connectivity index (χ1n) is 14.5. The lowest BCUT2D eigenvalue weighted by Gasteiger charge is -2.40. The Balaban J connectivity index is 1.86. The zero-order chi connectivity index (χ0) is 27.3. The fraction of sp³-hybridized carbons (Fsp3) is 0.926. The molecule has 0 bridgehead atoms. The molecule has 0 unspecified atom stereocenters. The molecular weight excluding hydrogens is 478 g/mol. The Kier molecular flexibility index (Phi) is 19.7. The van der Waals surface area contributed by atoms with Gasteiger partial charge in [-0.3, -0.25) is 9.59 Å². The van der Waals surface area contributed by atoms with E-state index >= 15 is 0 Å². The third kappa shape index (κ3) is 15.6. The second-order valence-electron chi connectivity index (χ2n) is 10.3. The van der Waals surface area contributed by atoms with Gasteiger partial charge in [0.1, 0.15) is 24.4 Å². The van der Waals surface area contributed by atoms with Crippen LogP contribution < -0.4 is 16.4 Å². The van der Waals surface area contributed by atoms with E-state index in [0.717, 1.165) is 32.1 Å². The number of ether oxygens (including phenoxy) is 1. The monoisotopic (exact) mass is 531 g/mol. The van der Waals surface area contributed by atoms with Gasteiger partial charge in [0.15, 0.2) is 6.23 Å². The van der Waals surface area contributed by atoms with Crippen LogP contribution in [0.25, 0.3) is 0 Å². The number of unbranched alkanes of at least 4 members (excludes halogenated alkanes) is 14. The molecule has 1 saturated heterocycles. The minimum Gasteiger partial charge on any atom is -0.394 e. The van der Waals surface area contributed by atoms with Crippen LogP contribution in [-0.4, -0.2) is 82.6 Å². The highest BCUT2D eigenvalue weighted by Crippen LogP contribution is 2.20. The van der Waals surface area contributed by atoms with Gasteiger partial charge < -0.3 is 41.5 Å². The van der Waals surface area contributed by atoms with Crippen LogP contribution in [0.15, 0.2) is 0 Å². The number of hydrogen-bond acceptors (Lipinski definition) is 8. The van der Waals surface area contributed by atoms with E-state index in [-0.39, 0.29) is 11.8 Å². The highest BCUT2D eigenvalue weighted by molar-refractivity contribution is 5.76. The summed E-state index contributed by atoms with van der Waals surface area (Å²) in [7, 11) is 0. The summed E-state index contributed by atoms with van der Waals surface area (Å²) in [5.41, 5.74) is 5.36. The van der Waals surface area contributed by atoms with Gasteiger partial charge in [0, 0.05) is 25.9 Å². The molecule has 10 nitrogen and oxygen atoms in total. The maximum absolute atomic E-state index is 12.1. The molecule has 1 aliphatic rings. The molecule has 1 heterocycles. The SMILES string of the molecule is NCCNC(=O)CCCCCCCCCCCCCCCCCC(=O)N[C@@H]1O[C@H](CO)[C@@H](O)[C@H](O)[C@H]1O. The number of rotatable bonds is 22. The van der Waals surface area contributed by atoms with E-state index < -0.39 is 37.3 Å². The number of nitrogens with two attached hydrogens (primary N) is 1. The number of amides is 2. The summed E-state index contributed by atoms with van der Waals surface area (Å²) in [6, 6.07) is 0. The minimum atomic E-state index is -1.49. The average Bonchev–Trinajstić information content (AvgIpc) is 2.89. The van der Waals surface area contributed by atoms with Crippen LogP contribution in [0.4, 0.5) is 0 Å². The molecule has 2 amide bonds. The average molecular weight is 532 g/mol. The van der Waals surface area contributed by atoms with E-state index in [9.17, 15) is 30.0 Å². The van der Waals surface area contributed by atoms with Crippen molar-refractivity contribution in [1.82, 2.24) is 10.6 Å². The molecule has 1 fully saturated rings. The first-order chi connectivity index (χ1) is 17.9. The predicted octanol–water partition coefficient (Wildman–Crippen LogP) is 1.61. The Labute approximate surface area is 222 Å². The quantitative estimate of drug-likeness (QED) is 0.103. The standard InChI is InChI=1S/C27H53N3O7/c28-18-19-29-22(32)16-14-12-10-8-6-4-2-1-3-5-7-9-11-13-15-17-23(33)30-27-26(36)25(35)24(34)21(20-31)37-27/h21,24-27,31,34-36H,1-20,28H2,(H,29,32)(H,30,33)/t21-,24-,25+,26-,27-/m1/s1.